The van der Waals surface area contributed by atoms with Crippen LogP contribution in [0.25, 0.3) is 11.1 Å². The molecule has 124 valence electrons. The Bertz CT molecular complexity index is 963. The van der Waals surface area contributed by atoms with Crippen molar-refractivity contribution >= 4 is 5.91 Å². The molecule has 3 aromatic rings. The molecule has 3 nitrogen and oxygen atoms in total. The molecular formula is C22H20N2O. The minimum Gasteiger partial charge on any atom is -0.267 e. The van der Waals surface area contributed by atoms with Crippen LogP contribution in [0.2, 0.25) is 0 Å². The van der Waals surface area contributed by atoms with Crippen LogP contribution in [0.5, 0.6) is 0 Å². The number of rotatable bonds is 3. The summed E-state index contributed by atoms with van der Waals surface area (Å²) in [5, 5.41) is 4.50. The second kappa shape index (κ2) is 6.17. The summed E-state index contributed by atoms with van der Waals surface area (Å²) in [7, 11) is 0. The highest BCUT2D eigenvalue weighted by Crippen LogP contribution is 2.32. The van der Waals surface area contributed by atoms with Gasteiger partial charge < -0.3 is 0 Å². The first-order valence-electron chi connectivity index (χ1n) is 8.55. The number of carbonyl (C=O) groups excluding carboxylic acids is 1. The Hall–Kier alpha value is -2.94. The monoisotopic (exact) mass is 328 g/mol. The van der Waals surface area contributed by atoms with E-state index in [0.29, 0.717) is 0 Å². The Kier molecular flexibility index (Phi) is 3.85. The van der Waals surface area contributed by atoms with E-state index < -0.39 is 0 Å². The maximum atomic E-state index is 12.6. The highest BCUT2D eigenvalue weighted by Gasteiger charge is 2.24. The summed E-state index contributed by atoms with van der Waals surface area (Å²) in [5.41, 5.74) is 7.70. The quantitative estimate of drug-likeness (QED) is 0.708. The highest BCUT2D eigenvalue weighted by molar-refractivity contribution is 5.93. The van der Waals surface area contributed by atoms with Gasteiger partial charge in [-0.2, -0.15) is 5.10 Å². The van der Waals surface area contributed by atoms with Crippen molar-refractivity contribution in [1.29, 1.82) is 0 Å². The summed E-state index contributed by atoms with van der Waals surface area (Å²) in [6.07, 6.45) is 3.29. The van der Waals surface area contributed by atoms with Crippen LogP contribution in [0.15, 0.2) is 66.2 Å². The molecule has 25 heavy (non-hydrogen) atoms. The van der Waals surface area contributed by atoms with Crippen LogP contribution in [0, 0.1) is 13.8 Å². The van der Waals surface area contributed by atoms with Gasteiger partial charge in [-0.25, -0.2) is 4.68 Å². The van der Waals surface area contributed by atoms with E-state index in [1.165, 1.54) is 11.1 Å². The van der Waals surface area contributed by atoms with Gasteiger partial charge in [0.05, 0.1) is 11.4 Å². The summed E-state index contributed by atoms with van der Waals surface area (Å²) in [5.74, 6) is -0.0476. The van der Waals surface area contributed by atoms with Gasteiger partial charge in [-0.3, -0.25) is 4.79 Å². The molecule has 0 atom stereocenters. The number of nitrogens with zero attached hydrogens (tertiary/aromatic N) is 2. The largest absolute Gasteiger partial charge is 0.271 e. The van der Waals surface area contributed by atoms with Crippen LogP contribution in [0.1, 0.15) is 27.3 Å². The fourth-order valence-electron chi connectivity index (χ4n) is 3.49. The predicted octanol–water partition coefficient (Wildman–Crippen LogP) is 4.53. The Morgan fingerprint density at radius 2 is 1.72 bits per heavy atom. The zero-order valence-corrected chi connectivity index (χ0v) is 14.5. The zero-order valence-electron chi connectivity index (χ0n) is 14.5. The zero-order chi connectivity index (χ0) is 17.4. The van der Waals surface area contributed by atoms with Crippen molar-refractivity contribution in [1.82, 2.24) is 9.78 Å². The lowest BCUT2D eigenvalue weighted by molar-refractivity contribution is 0.0945. The smallest absolute Gasteiger partial charge is 0.267 e. The number of aryl methyl sites for hydroxylation is 2. The van der Waals surface area contributed by atoms with Crippen molar-refractivity contribution in [3.8, 4) is 11.1 Å². The molecule has 0 saturated carbocycles. The molecule has 2 heterocycles. The maximum Gasteiger partial charge on any atom is 0.271 e. The molecule has 0 bridgehead atoms. The van der Waals surface area contributed by atoms with Crippen LogP contribution in [-0.2, 0) is 12.8 Å². The Morgan fingerprint density at radius 3 is 2.44 bits per heavy atom. The van der Waals surface area contributed by atoms with Gasteiger partial charge in [0.25, 0.3) is 5.91 Å². The summed E-state index contributed by atoms with van der Waals surface area (Å²) in [4.78, 5) is 12.6. The third kappa shape index (κ3) is 2.93. The number of carbonyl (C=O) groups is 1. The molecule has 0 N–H and O–H groups in total. The molecular weight excluding hydrogens is 308 g/mol. The van der Waals surface area contributed by atoms with Crippen LogP contribution < -0.4 is 0 Å². The van der Waals surface area contributed by atoms with Gasteiger partial charge in [0.1, 0.15) is 0 Å². The summed E-state index contributed by atoms with van der Waals surface area (Å²) < 4.78 is 1.57. The van der Waals surface area contributed by atoms with E-state index in [2.05, 4.69) is 48.4 Å². The summed E-state index contributed by atoms with van der Waals surface area (Å²) in [6.45, 7) is 4.05. The van der Waals surface area contributed by atoms with Gasteiger partial charge in [-0.05, 0) is 31.4 Å². The summed E-state index contributed by atoms with van der Waals surface area (Å²) in [6, 6.07) is 18.7. The van der Waals surface area contributed by atoms with Gasteiger partial charge >= 0.3 is 0 Å². The van der Waals surface area contributed by atoms with E-state index in [-0.39, 0.29) is 5.91 Å². The van der Waals surface area contributed by atoms with Crippen LogP contribution in [0.3, 0.4) is 0 Å². The van der Waals surface area contributed by atoms with Crippen molar-refractivity contribution in [2.75, 3.05) is 0 Å². The van der Waals surface area contributed by atoms with Gasteiger partial charge in [-0.15, -0.1) is 0 Å². The van der Waals surface area contributed by atoms with Crippen molar-refractivity contribution in [3.63, 3.8) is 0 Å². The van der Waals surface area contributed by atoms with Gasteiger partial charge in [0.15, 0.2) is 0 Å². The molecule has 4 rings (SSSR count). The summed E-state index contributed by atoms with van der Waals surface area (Å²) >= 11 is 0. The second-order valence-corrected chi connectivity index (χ2v) is 6.66. The molecule has 0 saturated heterocycles. The van der Waals surface area contributed by atoms with Crippen LogP contribution in [0.4, 0.5) is 0 Å². The SMILES string of the molecule is Cc1ccc(-c2c(C)nn3c2CC(Cc2ccccc2)=CC3=O)cc1. The number of hydrogen-bond acceptors (Lipinski definition) is 2. The number of allylic oxidation sites excluding steroid dienone is 2. The second-order valence-electron chi connectivity index (χ2n) is 6.66. The molecule has 1 aromatic heterocycles. The first-order chi connectivity index (χ1) is 12.1. The molecule has 3 heteroatoms. The fraction of sp³-hybridized carbons (Fsp3) is 0.182. The van der Waals surface area contributed by atoms with Gasteiger partial charge in [0.2, 0.25) is 0 Å². The minimum atomic E-state index is -0.0476. The molecule has 0 aliphatic carbocycles. The van der Waals surface area contributed by atoms with Gasteiger partial charge in [-0.1, -0.05) is 65.7 Å². The van der Waals surface area contributed by atoms with Gasteiger partial charge in [0, 0.05) is 18.1 Å². The molecule has 0 amide bonds. The third-order valence-corrected chi connectivity index (χ3v) is 4.70. The highest BCUT2D eigenvalue weighted by atomic mass is 16.2. The minimum absolute atomic E-state index is 0.0476. The van der Waals surface area contributed by atoms with Crippen molar-refractivity contribution in [2.24, 2.45) is 0 Å². The molecule has 0 fully saturated rings. The molecule has 0 unspecified atom stereocenters. The topological polar surface area (TPSA) is 34.9 Å². The third-order valence-electron chi connectivity index (χ3n) is 4.70. The van der Waals surface area contributed by atoms with E-state index in [1.807, 2.05) is 25.1 Å². The Balaban J connectivity index is 1.72. The predicted molar refractivity (Wildman–Crippen MR) is 99.7 cm³/mol. The molecule has 0 spiro atoms. The Morgan fingerprint density at radius 1 is 1.00 bits per heavy atom. The molecule has 2 aromatic carbocycles. The molecule has 1 aliphatic rings. The first kappa shape index (κ1) is 15.6. The lowest BCUT2D eigenvalue weighted by Gasteiger charge is -2.16. The number of fused-ring (bicyclic) bond motifs is 1. The van der Waals surface area contributed by atoms with Crippen molar-refractivity contribution < 1.29 is 4.79 Å². The average molecular weight is 328 g/mol. The van der Waals surface area contributed by atoms with E-state index in [4.69, 9.17) is 0 Å². The normalized spacial score (nSPS) is 13.5. The van der Waals surface area contributed by atoms with Crippen LogP contribution >= 0.6 is 0 Å². The standard InChI is InChI=1S/C22H20N2O/c1-15-8-10-19(11-9-15)22-16(2)23-24-20(22)13-18(14-21(24)25)12-17-6-4-3-5-7-17/h3-11,14H,12-13H2,1-2H3. The number of benzene rings is 2. The number of hydrogen-bond donors (Lipinski definition) is 0. The van der Waals surface area contributed by atoms with E-state index in [9.17, 15) is 4.79 Å². The van der Waals surface area contributed by atoms with E-state index in [1.54, 1.807) is 10.8 Å². The van der Waals surface area contributed by atoms with E-state index in [0.717, 1.165) is 40.9 Å². The van der Waals surface area contributed by atoms with E-state index >= 15 is 0 Å². The van der Waals surface area contributed by atoms with Crippen molar-refractivity contribution in [3.05, 3.63) is 88.8 Å². The molecule has 0 radical (unpaired) electrons. The maximum absolute atomic E-state index is 12.6. The lowest BCUT2D eigenvalue weighted by Crippen LogP contribution is -2.20. The fourth-order valence-corrected chi connectivity index (χ4v) is 3.49. The number of aromatic nitrogens is 2. The first-order valence-corrected chi connectivity index (χ1v) is 8.55. The Labute approximate surface area is 147 Å². The lowest BCUT2D eigenvalue weighted by atomic mass is 9.93. The average Bonchev–Trinajstić information content (AvgIpc) is 2.93. The van der Waals surface area contributed by atoms with Crippen molar-refractivity contribution in [2.45, 2.75) is 26.7 Å². The van der Waals surface area contributed by atoms with Crippen LogP contribution in [-0.4, -0.2) is 15.7 Å². The molecule has 1 aliphatic heterocycles.